The van der Waals surface area contributed by atoms with Gasteiger partial charge in [0.15, 0.2) is 0 Å². The van der Waals surface area contributed by atoms with Gasteiger partial charge >= 0.3 is 12.4 Å². The van der Waals surface area contributed by atoms with E-state index in [2.05, 4.69) is 0 Å². The number of hydrogen-bond acceptors (Lipinski definition) is 4. The number of carbonyl (C=O) groups is 2. The third kappa shape index (κ3) is 6.19. The average Bonchev–Trinajstić information content (AvgIpc) is 2.94. The molecule has 0 aliphatic carbocycles. The highest BCUT2D eigenvalue weighted by atomic mass is 19.4. The molecule has 0 bridgehead atoms. The lowest BCUT2D eigenvalue weighted by Crippen LogP contribution is -2.18. The first-order chi connectivity index (χ1) is 20.4. The van der Waals surface area contributed by atoms with Crippen LogP contribution in [0.3, 0.4) is 0 Å². The second-order valence-corrected chi connectivity index (χ2v) is 10.5. The molecule has 2 amide bonds. The highest BCUT2D eigenvalue weighted by Gasteiger charge is 2.37. The van der Waals surface area contributed by atoms with Crippen LogP contribution in [0.2, 0.25) is 0 Å². The summed E-state index contributed by atoms with van der Waals surface area (Å²) in [6.07, 6.45) is -9.60. The number of nitrogens with zero attached hydrogens (tertiary/aromatic N) is 2. The third-order valence-corrected chi connectivity index (χ3v) is 7.10. The van der Waals surface area contributed by atoms with Crippen molar-refractivity contribution in [3.8, 4) is 33.4 Å². The van der Waals surface area contributed by atoms with Gasteiger partial charge in [-0.25, -0.2) is 0 Å². The number of anilines is 2. The highest BCUT2D eigenvalue weighted by Crippen LogP contribution is 2.47. The first kappa shape index (κ1) is 31.9. The van der Waals surface area contributed by atoms with Crippen molar-refractivity contribution >= 4 is 23.2 Å². The van der Waals surface area contributed by atoms with Crippen LogP contribution in [0.4, 0.5) is 37.7 Å². The summed E-state index contributed by atoms with van der Waals surface area (Å²) >= 11 is 0. The number of benzene rings is 4. The van der Waals surface area contributed by atoms with Crippen LogP contribution in [0.5, 0.6) is 0 Å². The number of rotatable bonds is 7. The second kappa shape index (κ2) is 11.6. The fraction of sp³-hybridized carbons (Fsp3) is 0.188. The number of nitrogens with two attached hydrogens (primary N) is 2. The number of halogens is 6. The molecule has 0 radical (unpaired) electrons. The van der Waals surface area contributed by atoms with E-state index in [4.69, 9.17) is 11.5 Å². The SMILES string of the molecule is CN(C)c1ccc(-c2c(C(N)=O)ccc(-c3ccc(C(N)=O)cc3)c2-c2ccc(N(C)C)c(C(F)(F)F)c2)cc1C(F)(F)F. The molecule has 4 aromatic carbocycles. The molecule has 4 rings (SSSR count). The molecule has 0 saturated carbocycles. The summed E-state index contributed by atoms with van der Waals surface area (Å²) in [5, 5.41) is 0. The molecule has 4 aromatic rings. The molecule has 0 saturated heterocycles. The van der Waals surface area contributed by atoms with Crippen LogP contribution in [-0.2, 0) is 12.4 Å². The number of hydrogen-bond donors (Lipinski definition) is 2. The summed E-state index contributed by atoms with van der Waals surface area (Å²) in [5.74, 6) is -1.71. The van der Waals surface area contributed by atoms with Gasteiger partial charge in [-0.1, -0.05) is 30.3 Å². The van der Waals surface area contributed by atoms with Crippen molar-refractivity contribution < 1.29 is 35.9 Å². The molecule has 12 heteroatoms. The minimum atomic E-state index is -4.80. The van der Waals surface area contributed by atoms with Gasteiger partial charge in [0.05, 0.1) is 11.1 Å². The first-order valence-corrected chi connectivity index (χ1v) is 13.1. The Morgan fingerprint density at radius 2 is 1.00 bits per heavy atom. The molecular formula is C32H28F6N4O2. The standard InChI is InChI=1S/C32H28F6N4O2/c1-41(2)25-13-9-19(15-23(25)31(33,34)35)27-21(17-5-7-18(8-6-17)29(39)43)11-12-22(30(40)44)28(27)20-10-14-26(42(3)4)24(16-20)32(36,37)38/h5-16H,1-4H3,(H2,39,43)(H2,40,44). The maximum absolute atomic E-state index is 14.3. The van der Waals surface area contributed by atoms with Gasteiger partial charge in [0.2, 0.25) is 11.8 Å². The molecule has 0 aromatic heterocycles. The van der Waals surface area contributed by atoms with E-state index in [1.165, 1.54) is 98.7 Å². The molecule has 44 heavy (non-hydrogen) atoms. The Balaban J connectivity index is 2.20. The molecule has 0 unspecified atom stereocenters. The summed E-state index contributed by atoms with van der Waals surface area (Å²) in [6, 6.07) is 15.5. The zero-order valence-corrected chi connectivity index (χ0v) is 24.1. The van der Waals surface area contributed by atoms with Crippen molar-refractivity contribution in [2.75, 3.05) is 38.0 Å². The van der Waals surface area contributed by atoms with Crippen LogP contribution in [0.25, 0.3) is 33.4 Å². The van der Waals surface area contributed by atoms with Gasteiger partial charge in [0, 0.05) is 56.3 Å². The summed E-state index contributed by atoms with van der Waals surface area (Å²) in [6.45, 7) is 0. The van der Waals surface area contributed by atoms with Crippen LogP contribution in [-0.4, -0.2) is 40.0 Å². The molecule has 0 spiro atoms. The normalized spacial score (nSPS) is 11.8. The smallest absolute Gasteiger partial charge is 0.377 e. The van der Waals surface area contributed by atoms with Gasteiger partial charge in [-0.05, 0) is 70.3 Å². The maximum Gasteiger partial charge on any atom is 0.418 e. The van der Waals surface area contributed by atoms with Crippen molar-refractivity contribution in [2.24, 2.45) is 11.5 Å². The molecular weight excluding hydrogens is 586 g/mol. The molecule has 0 aliphatic rings. The number of amides is 2. The fourth-order valence-electron chi connectivity index (χ4n) is 5.08. The molecule has 0 atom stereocenters. The Kier molecular flexibility index (Phi) is 8.41. The average molecular weight is 615 g/mol. The Morgan fingerprint density at radius 1 is 0.568 bits per heavy atom. The Labute approximate surface area is 249 Å². The summed E-state index contributed by atoms with van der Waals surface area (Å²) in [4.78, 5) is 27.0. The second-order valence-electron chi connectivity index (χ2n) is 10.5. The Hall–Kier alpha value is -5.00. The van der Waals surface area contributed by atoms with Crippen LogP contribution < -0.4 is 21.3 Å². The van der Waals surface area contributed by atoms with Crippen LogP contribution in [0.1, 0.15) is 31.8 Å². The Morgan fingerprint density at radius 3 is 1.39 bits per heavy atom. The summed E-state index contributed by atoms with van der Waals surface area (Å²) in [5.41, 5.74) is 9.21. The van der Waals surface area contributed by atoms with E-state index in [1.54, 1.807) is 0 Å². The van der Waals surface area contributed by atoms with E-state index in [-0.39, 0.29) is 50.3 Å². The van der Waals surface area contributed by atoms with Crippen molar-refractivity contribution in [2.45, 2.75) is 12.4 Å². The van der Waals surface area contributed by atoms with Gasteiger partial charge in [-0.2, -0.15) is 26.3 Å². The number of primary amides is 2. The Bertz CT molecular complexity index is 1740. The highest BCUT2D eigenvalue weighted by molar-refractivity contribution is 6.08. The zero-order valence-electron chi connectivity index (χ0n) is 24.1. The van der Waals surface area contributed by atoms with Crippen molar-refractivity contribution in [3.63, 3.8) is 0 Å². The van der Waals surface area contributed by atoms with E-state index < -0.39 is 35.3 Å². The molecule has 0 fully saturated rings. The summed E-state index contributed by atoms with van der Waals surface area (Å²) in [7, 11) is 5.76. The van der Waals surface area contributed by atoms with Gasteiger partial charge < -0.3 is 21.3 Å². The van der Waals surface area contributed by atoms with E-state index in [9.17, 15) is 35.9 Å². The molecule has 0 aliphatic heterocycles. The lowest BCUT2D eigenvalue weighted by molar-refractivity contribution is -0.137. The maximum atomic E-state index is 14.3. The zero-order chi connectivity index (χ0) is 32.7. The molecule has 0 heterocycles. The topological polar surface area (TPSA) is 92.7 Å². The van der Waals surface area contributed by atoms with E-state index in [0.29, 0.717) is 5.56 Å². The van der Waals surface area contributed by atoms with Crippen LogP contribution in [0, 0.1) is 0 Å². The molecule has 6 nitrogen and oxygen atoms in total. The van der Waals surface area contributed by atoms with E-state index in [1.807, 2.05) is 0 Å². The monoisotopic (exact) mass is 614 g/mol. The summed E-state index contributed by atoms with van der Waals surface area (Å²) < 4.78 is 85.7. The minimum absolute atomic E-state index is 0.0275. The predicted octanol–water partition coefficient (Wildman–Crippen LogP) is 7.06. The fourth-order valence-corrected chi connectivity index (χ4v) is 5.08. The minimum Gasteiger partial charge on any atom is -0.377 e. The van der Waals surface area contributed by atoms with Crippen LogP contribution >= 0.6 is 0 Å². The van der Waals surface area contributed by atoms with Crippen molar-refractivity contribution in [3.05, 3.63) is 95.1 Å². The molecule has 230 valence electrons. The molecule has 4 N–H and O–H groups in total. The number of carbonyl (C=O) groups excluding carboxylic acids is 2. The first-order valence-electron chi connectivity index (χ1n) is 13.1. The van der Waals surface area contributed by atoms with Gasteiger partial charge in [-0.15, -0.1) is 0 Å². The van der Waals surface area contributed by atoms with Gasteiger partial charge in [0.25, 0.3) is 0 Å². The quantitative estimate of drug-likeness (QED) is 0.218. The predicted molar refractivity (Wildman–Crippen MR) is 158 cm³/mol. The van der Waals surface area contributed by atoms with E-state index >= 15 is 0 Å². The van der Waals surface area contributed by atoms with Crippen molar-refractivity contribution in [1.82, 2.24) is 0 Å². The van der Waals surface area contributed by atoms with Crippen molar-refractivity contribution in [1.29, 1.82) is 0 Å². The third-order valence-electron chi connectivity index (χ3n) is 7.10. The number of alkyl halides is 6. The van der Waals surface area contributed by atoms with E-state index in [0.717, 1.165) is 12.1 Å². The lowest BCUT2D eigenvalue weighted by atomic mass is 9.83. The van der Waals surface area contributed by atoms with Gasteiger partial charge in [0.1, 0.15) is 0 Å². The van der Waals surface area contributed by atoms with Gasteiger partial charge in [-0.3, -0.25) is 9.59 Å². The largest absolute Gasteiger partial charge is 0.418 e. The lowest BCUT2D eigenvalue weighted by Gasteiger charge is -2.24. The van der Waals surface area contributed by atoms with Crippen LogP contribution in [0.15, 0.2) is 72.8 Å².